The van der Waals surface area contributed by atoms with Gasteiger partial charge in [0, 0.05) is 24.5 Å². The van der Waals surface area contributed by atoms with Gasteiger partial charge in [-0.3, -0.25) is 9.59 Å². The number of benzene rings is 1. The molecule has 0 bridgehead atoms. The van der Waals surface area contributed by atoms with E-state index in [1.165, 1.54) is 11.3 Å². The van der Waals surface area contributed by atoms with E-state index in [4.69, 9.17) is 4.74 Å². The fourth-order valence-electron chi connectivity index (χ4n) is 3.47. The van der Waals surface area contributed by atoms with Crippen molar-refractivity contribution >= 4 is 23.2 Å². The minimum Gasteiger partial charge on any atom is -0.497 e. The third-order valence-electron chi connectivity index (χ3n) is 4.88. The standard InChI is InChI=1S/C20H25N3O3S/c1-3-4-10-23-18(24)12-16(20(25)22-13-17-21-9-11-27-17)19(23)14-5-7-15(26-2)8-6-14/h5-9,11,16,19H,3-4,10,12-13H2,1-2H3,(H,22,25). The van der Waals surface area contributed by atoms with E-state index in [2.05, 4.69) is 17.2 Å². The zero-order valence-corrected chi connectivity index (χ0v) is 16.5. The normalized spacial score (nSPS) is 19.3. The number of methoxy groups -OCH3 is 1. The van der Waals surface area contributed by atoms with Gasteiger partial charge in [0.15, 0.2) is 0 Å². The van der Waals surface area contributed by atoms with Crippen molar-refractivity contribution in [1.29, 1.82) is 0 Å². The quantitative estimate of drug-likeness (QED) is 0.755. The zero-order valence-electron chi connectivity index (χ0n) is 15.7. The number of unbranched alkanes of at least 4 members (excludes halogenated alkanes) is 1. The molecule has 1 aromatic heterocycles. The monoisotopic (exact) mass is 387 g/mol. The van der Waals surface area contributed by atoms with Crippen molar-refractivity contribution in [3.63, 3.8) is 0 Å². The molecule has 1 N–H and O–H groups in total. The Morgan fingerprint density at radius 3 is 2.78 bits per heavy atom. The van der Waals surface area contributed by atoms with Crippen molar-refractivity contribution in [1.82, 2.24) is 15.2 Å². The maximum Gasteiger partial charge on any atom is 0.226 e. The number of nitrogens with one attached hydrogen (secondary N) is 1. The highest BCUT2D eigenvalue weighted by atomic mass is 32.1. The zero-order chi connectivity index (χ0) is 19.2. The minimum atomic E-state index is -0.400. The second-order valence-electron chi connectivity index (χ2n) is 6.61. The summed E-state index contributed by atoms with van der Waals surface area (Å²) in [6.45, 7) is 3.16. The van der Waals surface area contributed by atoms with Crippen LogP contribution < -0.4 is 10.1 Å². The number of carbonyl (C=O) groups is 2. The van der Waals surface area contributed by atoms with Crippen LogP contribution in [0.2, 0.25) is 0 Å². The van der Waals surface area contributed by atoms with Crippen LogP contribution in [0, 0.1) is 5.92 Å². The molecule has 1 saturated heterocycles. The number of thiazole rings is 1. The molecule has 2 amide bonds. The molecule has 7 heteroatoms. The van der Waals surface area contributed by atoms with E-state index in [1.54, 1.807) is 13.3 Å². The van der Waals surface area contributed by atoms with E-state index in [0.29, 0.717) is 13.1 Å². The smallest absolute Gasteiger partial charge is 0.226 e. The lowest BCUT2D eigenvalue weighted by atomic mass is 9.92. The summed E-state index contributed by atoms with van der Waals surface area (Å²) < 4.78 is 5.23. The number of ether oxygens (including phenoxy) is 1. The molecule has 27 heavy (non-hydrogen) atoms. The van der Waals surface area contributed by atoms with Crippen LogP contribution in [-0.2, 0) is 16.1 Å². The van der Waals surface area contributed by atoms with Crippen molar-refractivity contribution < 1.29 is 14.3 Å². The molecule has 2 unspecified atom stereocenters. The molecule has 3 rings (SSSR count). The summed E-state index contributed by atoms with van der Waals surface area (Å²) in [5, 5.41) is 5.69. The van der Waals surface area contributed by atoms with Crippen molar-refractivity contribution in [3.05, 3.63) is 46.4 Å². The predicted molar refractivity (Wildman–Crippen MR) is 104 cm³/mol. The lowest BCUT2D eigenvalue weighted by Gasteiger charge is -2.28. The first kappa shape index (κ1) is 19.4. The minimum absolute atomic E-state index is 0.0404. The van der Waals surface area contributed by atoms with Crippen molar-refractivity contribution in [3.8, 4) is 5.75 Å². The van der Waals surface area contributed by atoms with Gasteiger partial charge in [0.25, 0.3) is 0 Å². The molecular formula is C20H25N3O3S. The molecule has 0 spiro atoms. The molecule has 1 aliphatic rings. The highest BCUT2D eigenvalue weighted by molar-refractivity contribution is 7.09. The van der Waals surface area contributed by atoms with Crippen LogP contribution >= 0.6 is 11.3 Å². The van der Waals surface area contributed by atoms with Gasteiger partial charge in [0.1, 0.15) is 10.8 Å². The Morgan fingerprint density at radius 2 is 2.15 bits per heavy atom. The Balaban J connectivity index is 1.80. The van der Waals surface area contributed by atoms with Gasteiger partial charge in [-0.05, 0) is 24.1 Å². The molecule has 0 aliphatic carbocycles. The Kier molecular flexibility index (Phi) is 6.45. The summed E-state index contributed by atoms with van der Waals surface area (Å²) in [4.78, 5) is 31.6. The average Bonchev–Trinajstić information content (AvgIpc) is 3.32. The van der Waals surface area contributed by atoms with E-state index < -0.39 is 5.92 Å². The summed E-state index contributed by atoms with van der Waals surface area (Å²) in [6, 6.07) is 7.40. The highest BCUT2D eigenvalue weighted by Gasteiger charge is 2.44. The Hall–Kier alpha value is -2.41. The number of amides is 2. The third-order valence-corrected chi connectivity index (χ3v) is 5.66. The topological polar surface area (TPSA) is 71.5 Å². The van der Waals surface area contributed by atoms with Crippen molar-refractivity contribution in [2.75, 3.05) is 13.7 Å². The van der Waals surface area contributed by atoms with Crippen LogP contribution in [0.3, 0.4) is 0 Å². The van der Waals surface area contributed by atoms with Crippen LogP contribution in [-0.4, -0.2) is 35.4 Å². The molecule has 2 heterocycles. The van der Waals surface area contributed by atoms with Crippen molar-refractivity contribution in [2.45, 2.75) is 38.8 Å². The van der Waals surface area contributed by atoms with Crippen molar-refractivity contribution in [2.24, 2.45) is 5.92 Å². The van der Waals surface area contributed by atoms with Gasteiger partial charge < -0.3 is 15.0 Å². The Bertz CT molecular complexity index is 761. The van der Waals surface area contributed by atoms with Gasteiger partial charge in [-0.1, -0.05) is 25.5 Å². The number of likely N-dealkylation sites (tertiary alicyclic amines) is 1. The second-order valence-corrected chi connectivity index (χ2v) is 7.59. The summed E-state index contributed by atoms with van der Waals surface area (Å²) in [5.41, 5.74) is 0.965. The molecule has 0 radical (unpaired) electrons. The van der Waals surface area contributed by atoms with E-state index in [-0.39, 0.29) is 24.3 Å². The van der Waals surface area contributed by atoms with Crippen LogP contribution in [0.4, 0.5) is 0 Å². The maximum absolute atomic E-state index is 12.9. The van der Waals surface area contributed by atoms with Gasteiger partial charge in [0.2, 0.25) is 11.8 Å². The lowest BCUT2D eigenvalue weighted by Crippen LogP contribution is -2.35. The number of carbonyl (C=O) groups excluding carboxylic acids is 2. The molecule has 1 aliphatic heterocycles. The summed E-state index contributed by atoms with van der Waals surface area (Å²) in [7, 11) is 1.62. The lowest BCUT2D eigenvalue weighted by molar-refractivity contribution is -0.129. The molecule has 144 valence electrons. The fraction of sp³-hybridized carbons (Fsp3) is 0.450. The highest BCUT2D eigenvalue weighted by Crippen LogP contribution is 2.39. The molecule has 6 nitrogen and oxygen atoms in total. The summed E-state index contributed by atoms with van der Waals surface area (Å²) in [5.74, 6) is 0.299. The average molecular weight is 388 g/mol. The van der Waals surface area contributed by atoms with E-state index in [0.717, 1.165) is 29.2 Å². The summed E-state index contributed by atoms with van der Waals surface area (Å²) >= 11 is 1.50. The first-order valence-corrected chi connectivity index (χ1v) is 10.1. The van der Waals surface area contributed by atoms with Crippen LogP contribution in [0.15, 0.2) is 35.8 Å². The molecule has 1 aromatic carbocycles. The SMILES string of the molecule is CCCCN1C(=O)CC(C(=O)NCc2nccs2)C1c1ccc(OC)cc1. The number of hydrogen-bond acceptors (Lipinski definition) is 5. The first-order valence-electron chi connectivity index (χ1n) is 9.23. The fourth-order valence-corrected chi connectivity index (χ4v) is 4.02. The number of aromatic nitrogens is 1. The first-order chi connectivity index (χ1) is 13.1. The molecular weight excluding hydrogens is 362 g/mol. The molecule has 2 aromatic rings. The predicted octanol–water partition coefficient (Wildman–Crippen LogP) is 3.16. The number of hydrogen-bond donors (Lipinski definition) is 1. The molecule has 1 fully saturated rings. The second kappa shape index (κ2) is 8.99. The van der Waals surface area contributed by atoms with Crippen LogP contribution in [0.25, 0.3) is 0 Å². The largest absolute Gasteiger partial charge is 0.497 e. The Morgan fingerprint density at radius 1 is 1.37 bits per heavy atom. The van der Waals surface area contributed by atoms with Crippen LogP contribution in [0.1, 0.15) is 42.8 Å². The number of nitrogens with zero attached hydrogens (tertiary/aromatic N) is 2. The Labute approximate surface area is 163 Å². The van der Waals surface area contributed by atoms with Gasteiger partial charge in [0.05, 0.1) is 25.6 Å². The molecule has 0 saturated carbocycles. The van der Waals surface area contributed by atoms with Gasteiger partial charge in [-0.15, -0.1) is 11.3 Å². The van der Waals surface area contributed by atoms with E-state index in [9.17, 15) is 9.59 Å². The summed E-state index contributed by atoms with van der Waals surface area (Å²) in [6.07, 6.45) is 3.88. The number of rotatable bonds is 8. The van der Waals surface area contributed by atoms with Gasteiger partial charge in [-0.2, -0.15) is 0 Å². The van der Waals surface area contributed by atoms with Gasteiger partial charge >= 0.3 is 0 Å². The van der Waals surface area contributed by atoms with Crippen LogP contribution in [0.5, 0.6) is 5.75 Å². The van der Waals surface area contributed by atoms with E-state index in [1.807, 2.05) is 34.5 Å². The third kappa shape index (κ3) is 4.47. The molecule has 2 atom stereocenters. The van der Waals surface area contributed by atoms with E-state index >= 15 is 0 Å². The maximum atomic E-state index is 12.9. The van der Waals surface area contributed by atoms with Gasteiger partial charge in [-0.25, -0.2) is 4.98 Å².